The summed E-state index contributed by atoms with van der Waals surface area (Å²) in [5.41, 5.74) is 0. The molecule has 0 radical (unpaired) electrons. The molecule has 0 saturated carbocycles. The van der Waals surface area contributed by atoms with E-state index in [2.05, 4.69) is 57.5 Å². The van der Waals surface area contributed by atoms with Crippen LogP contribution in [0.3, 0.4) is 0 Å². The van der Waals surface area contributed by atoms with Crippen molar-refractivity contribution >= 4 is 31.5 Å². The normalized spacial score (nSPS) is 17.5. The third kappa shape index (κ3) is 56.8. The van der Waals surface area contributed by atoms with Gasteiger partial charge < -0.3 is 49.6 Å². The molecule has 1 saturated heterocycles. The lowest BCUT2D eigenvalue weighted by atomic mass is 9.97. The number of hydrogen-bond acceptors (Lipinski definition) is 12. The van der Waals surface area contributed by atoms with Gasteiger partial charge in [0.25, 0.3) is 0 Å². The fourth-order valence-electron chi connectivity index (χ4n) is 13.6. The molecule has 0 aliphatic carbocycles. The maximum absolute atomic E-state index is 14.8. The van der Waals surface area contributed by atoms with Crippen molar-refractivity contribution in [2.45, 2.75) is 456 Å². The van der Waals surface area contributed by atoms with Gasteiger partial charge in [-0.3, -0.25) is 23.4 Å². The van der Waals surface area contributed by atoms with Gasteiger partial charge in [-0.25, -0.2) is 9.36 Å². The van der Waals surface area contributed by atoms with Crippen LogP contribution in [-0.2, 0) is 56.5 Å². The van der Waals surface area contributed by atoms with Crippen molar-refractivity contribution in [3.8, 4) is 0 Å². The highest BCUT2D eigenvalue weighted by molar-refractivity contribution is 7.47. The minimum absolute atomic E-state index is 0.0190. The topological polar surface area (TPSA) is 227 Å². The average molecular weight is 1430 g/mol. The average Bonchev–Trinajstić information content (AvgIpc) is 0.800. The quantitative estimate of drug-likeness (QED) is 0.0282. The molecule has 1 fully saturated rings. The number of phosphoric ester groups is 1. The summed E-state index contributed by atoms with van der Waals surface area (Å²) in [5.74, 6) is -2.68. The summed E-state index contributed by atoms with van der Waals surface area (Å²) >= 11 is 0. The summed E-state index contributed by atoms with van der Waals surface area (Å²) in [6.45, 7) is 13.9. The number of carbonyl (C=O) groups excluding carboxylic acids is 3. The fraction of sp³-hybridized carbons (Fsp3) is 0.951. The number of aliphatic carboxylic acids is 1. The van der Waals surface area contributed by atoms with Crippen molar-refractivity contribution in [3.63, 3.8) is 0 Å². The van der Waals surface area contributed by atoms with Crippen LogP contribution in [0.1, 0.15) is 408 Å². The number of rotatable bonds is 76. The molecule has 586 valence electrons. The minimum Gasteiger partial charge on any atom is -0.480 e. The van der Waals surface area contributed by atoms with Crippen LogP contribution < -0.4 is 16.0 Å². The Kier molecular flexibility index (Phi) is 65.9. The van der Waals surface area contributed by atoms with E-state index in [-0.39, 0.29) is 25.4 Å². The highest BCUT2D eigenvalue weighted by Crippen LogP contribution is 2.45. The predicted molar refractivity (Wildman–Crippen MR) is 407 cm³/mol. The van der Waals surface area contributed by atoms with Crippen molar-refractivity contribution in [3.05, 3.63) is 0 Å². The molecule has 3 amide bonds. The molecule has 17 nitrogen and oxygen atoms in total. The van der Waals surface area contributed by atoms with Crippen LogP contribution in [0.5, 0.6) is 0 Å². The van der Waals surface area contributed by atoms with Crippen LogP contribution in [0, 0.1) is 0 Å². The van der Waals surface area contributed by atoms with Crippen molar-refractivity contribution in [2.24, 2.45) is 0 Å². The number of carbonyl (C=O) groups is 4. The van der Waals surface area contributed by atoms with Crippen molar-refractivity contribution in [1.82, 2.24) is 16.0 Å². The number of hydrogen-bond donors (Lipinski definition) is 5. The molecule has 0 aromatic carbocycles. The number of phosphoric acid groups is 1. The Labute approximate surface area is 607 Å². The van der Waals surface area contributed by atoms with Crippen molar-refractivity contribution < 1.29 is 66.5 Å². The van der Waals surface area contributed by atoms with Gasteiger partial charge >= 0.3 is 13.8 Å². The van der Waals surface area contributed by atoms with E-state index in [0.717, 1.165) is 123 Å². The number of ether oxygens (including phenoxy) is 5. The maximum atomic E-state index is 14.8. The van der Waals surface area contributed by atoms with Crippen molar-refractivity contribution in [1.29, 1.82) is 0 Å². The van der Waals surface area contributed by atoms with E-state index in [0.29, 0.717) is 39.1 Å². The summed E-state index contributed by atoms with van der Waals surface area (Å²) in [4.78, 5) is 67.7. The van der Waals surface area contributed by atoms with E-state index in [4.69, 9.17) is 32.7 Å². The summed E-state index contributed by atoms with van der Waals surface area (Å²) in [7, 11) is -3.70. The molecule has 0 spiro atoms. The lowest BCUT2D eigenvalue weighted by molar-refractivity contribution is -0.213. The second-order valence-electron chi connectivity index (χ2n) is 29.3. The fourth-order valence-corrected chi connectivity index (χ4v) is 14.2. The van der Waals surface area contributed by atoms with Gasteiger partial charge in [-0.05, 0) is 38.5 Å². The van der Waals surface area contributed by atoms with Gasteiger partial charge in [0.1, 0.15) is 12.1 Å². The van der Waals surface area contributed by atoms with Gasteiger partial charge in [0.05, 0.1) is 56.8 Å². The van der Waals surface area contributed by atoms with E-state index >= 15 is 0 Å². The zero-order chi connectivity index (χ0) is 72.3. The highest BCUT2D eigenvalue weighted by Gasteiger charge is 2.47. The van der Waals surface area contributed by atoms with E-state index in [1.54, 1.807) is 0 Å². The summed E-state index contributed by atoms with van der Waals surface area (Å²) in [6.07, 6.45) is 56.9. The van der Waals surface area contributed by atoms with Gasteiger partial charge in [-0.2, -0.15) is 0 Å². The molecular formula is C81H158N3O14P. The molecule has 99 heavy (non-hydrogen) atoms. The van der Waals surface area contributed by atoms with Gasteiger partial charge in [-0.15, -0.1) is 0 Å². The molecule has 0 aromatic heterocycles. The molecule has 18 heteroatoms. The van der Waals surface area contributed by atoms with Crippen LogP contribution in [0.15, 0.2) is 0 Å². The Morgan fingerprint density at radius 3 is 0.970 bits per heavy atom. The van der Waals surface area contributed by atoms with Crippen molar-refractivity contribution in [2.75, 3.05) is 40.1 Å². The molecule has 0 aromatic rings. The molecule has 5 N–H and O–H groups in total. The number of nitrogens with one attached hydrogen (secondary N) is 3. The van der Waals surface area contributed by atoms with Crippen LogP contribution >= 0.6 is 7.82 Å². The second-order valence-corrected chi connectivity index (χ2v) is 30.9. The number of amides is 3. The van der Waals surface area contributed by atoms with Gasteiger partial charge in [0, 0.05) is 26.9 Å². The number of carboxylic acid groups (broad SMARTS) is 1. The first kappa shape index (κ1) is 94.8. The summed E-state index contributed by atoms with van der Waals surface area (Å²) in [6, 6.07) is -4.07. The SMILES string of the molecule is CCCCCCCCCCC[C@H](CC(=O)N[C@@H]1[C@H](OC[C@H](NC(=O)C[C@@H](CCCCCCCCCCC)OCCCCCCCCCC)C(=O)O)OC[C@@H](OP(=O)(O)OC)[C@H]1NC(=O)C[C@@H](CCCCCCCCCCC)OCCCCCCCCCC)OCCCCCCCCCC. The van der Waals surface area contributed by atoms with E-state index in [9.17, 15) is 33.7 Å². The predicted octanol–water partition coefficient (Wildman–Crippen LogP) is 21.5. The Morgan fingerprint density at radius 2 is 0.677 bits per heavy atom. The van der Waals surface area contributed by atoms with Crippen LogP contribution in [0.4, 0.5) is 0 Å². The van der Waals surface area contributed by atoms with Crippen LogP contribution in [0.2, 0.25) is 0 Å². The largest absolute Gasteiger partial charge is 0.480 e. The standard InChI is InChI=1S/C81H158N3O14P/c1-8-14-20-26-32-38-41-47-53-59-70(93-62-56-50-44-35-29-23-17-11-4)65-75(85)82-73(80(88)89)68-96-81-79(84-77(87)67-72(61-55-49-43-40-34-28-22-16-10-3)95-64-58-52-46-37-31-25-19-13-6)78(74(69-97-81)98-99(90,91)92-7)83-76(86)66-71(60-54-48-42-39-33-27-21-15-9-2)94-63-57-51-45-36-30-24-18-12-5/h70-74,78-79,81H,8-69H2,1-7H3,(H,82,85)(H,83,86)(H,84,87)(H,88,89)(H,90,91)/t70-,71-,72-,73+,74-,78-,79+,81-/m1/s1. The Bertz CT molecular complexity index is 1820. The molecule has 9 atom stereocenters. The molecule has 1 unspecified atom stereocenters. The molecule has 1 aliphatic rings. The Morgan fingerprint density at radius 1 is 0.404 bits per heavy atom. The molecule has 0 bridgehead atoms. The Hall–Kier alpha value is -2.21. The molecular weight excluding hydrogens is 1270 g/mol. The van der Waals surface area contributed by atoms with Gasteiger partial charge in [0.15, 0.2) is 12.3 Å². The first-order chi connectivity index (χ1) is 48.3. The number of carboxylic acids is 1. The summed E-state index contributed by atoms with van der Waals surface area (Å²) < 4.78 is 56.4. The minimum atomic E-state index is -4.75. The number of unbranched alkanes of at least 4 members (excludes halogenated alkanes) is 45. The Balaban J connectivity index is 3.66. The molecule has 1 heterocycles. The van der Waals surface area contributed by atoms with E-state index < -0.39 is 87.5 Å². The smallest absolute Gasteiger partial charge is 0.472 e. The lowest BCUT2D eigenvalue weighted by Gasteiger charge is -2.43. The third-order valence-electron chi connectivity index (χ3n) is 19.9. The second kappa shape index (κ2) is 68.9. The monoisotopic (exact) mass is 1430 g/mol. The maximum Gasteiger partial charge on any atom is 0.472 e. The third-order valence-corrected chi connectivity index (χ3v) is 20.9. The molecule has 1 rings (SSSR count). The zero-order valence-corrected chi connectivity index (χ0v) is 66.1. The first-order valence-corrected chi connectivity index (χ1v) is 43.5. The lowest BCUT2D eigenvalue weighted by Crippen LogP contribution is -2.67. The van der Waals surface area contributed by atoms with E-state index in [1.165, 1.54) is 212 Å². The van der Waals surface area contributed by atoms with Gasteiger partial charge in [0.2, 0.25) is 17.7 Å². The van der Waals surface area contributed by atoms with E-state index in [1.807, 2.05) is 0 Å². The molecule has 1 aliphatic heterocycles. The van der Waals surface area contributed by atoms with Crippen LogP contribution in [0.25, 0.3) is 0 Å². The van der Waals surface area contributed by atoms with Gasteiger partial charge in [-0.1, -0.05) is 350 Å². The highest BCUT2D eigenvalue weighted by atomic mass is 31.2. The summed E-state index contributed by atoms with van der Waals surface area (Å²) in [5, 5.41) is 19.6. The van der Waals surface area contributed by atoms with Crippen LogP contribution in [-0.4, -0.2) is 123 Å². The first-order valence-electron chi connectivity index (χ1n) is 42.0. The zero-order valence-electron chi connectivity index (χ0n) is 65.2.